The van der Waals surface area contributed by atoms with Gasteiger partial charge in [0.25, 0.3) is 0 Å². The second-order valence-corrected chi connectivity index (χ2v) is 21.7. The SMILES string of the molecule is C[C@H]1[C@@H](CC(C[C@H]2O[C@@H]3C[C@@H](C)[C@@H]4C[C@H]5[C@H](C)CC[C@@H]([C@H]2C)[C@@]35OO4)CS(=O)(=O)Cc2ccc(F)cc2)O[C@@H]2C[C@@H](C)[C@@H]3C[C@H]4[C@H](C)CC[C@@H]1[C@@]24OO3. The van der Waals surface area contributed by atoms with E-state index in [1.54, 1.807) is 12.1 Å². The minimum Gasteiger partial charge on any atom is -0.372 e. The summed E-state index contributed by atoms with van der Waals surface area (Å²) in [7, 11) is -3.55. The molecular weight excluding hydrogens is 696 g/mol. The zero-order chi connectivity index (χ0) is 37.0. The molecule has 4 bridgehead atoms. The summed E-state index contributed by atoms with van der Waals surface area (Å²) in [6.45, 7) is 13.9. The lowest BCUT2D eigenvalue weighted by molar-refractivity contribution is -0.466. The van der Waals surface area contributed by atoms with Crippen LogP contribution < -0.4 is 0 Å². The average molecular weight is 759 g/mol. The van der Waals surface area contributed by atoms with Crippen molar-refractivity contribution in [2.24, 2.45) is 65.1 Å². The molecule has 53 heavy (non-hydrogen) atoms. The second-order valence-electron chi connectivity index (χ2n) is 19.6. The summed E-state index contributed by atoms with van der Waals surface area (Å²) in [6, 6.07) is 5.88. The first kappa shape index (κ1) is 37.4. The maximum absolute atomic E-state index is 14.1. The number of hydrogen-bond donors (Lipinski definition) is 0. The van der Waals surface area contributed by atoms with Crippen LogP contribution in [-0.4, -0.2) is 62.0 Å². The van der Waals surface area contributed by atoms with Gasteiger partial charge in [-0.1, -0.05) is 53.7 Å². The molecule has 6 aliphatic heterocycles. The number of rotatable bonds is 8. The Balaban J connectivity index is 1.02. The first-order valence-electron chi connectivity index (χ1n) is 21.2. The van der Waals surface area contributed by atoms with Crippen molar-refractivity contribution >= 4 is 9.84 Å². The Bertz CT molecular complexity index is 1530. The molecule has 0 radical (unpaired) electrons. The predicted molar refractivity (Wildman–Crippen MR) is 197 cm³/mol. The van der Waals surface area contributed by atoms with Crippen LogP contribution in [0.4, 0.5) is 4.39 Å². The third kappa shape index (κ3) is 6.12. The molecule has 8 nitrogen and oxygen atoms in total. The van der Waals surface area contributed by atoms with Gasteiger partial charge in [-0.25, -0.2) is 32.4 Å². The van der Waals surface area contributed by atoms with Gasteiger partial charge in [-0.2, -0.15) is 0 Å². The highest BCUT2D eigenvalue weighted by molar-refractivity contribution is 7.90. The van der Waals surface area contributed by atoms with Gasteiger partial charge in [-0.3, -0.25) is 0 Å². The van der Waals surface area contributed by atoms with Crippen LogP contribution in [0.2, 0.25) is 0 Å². The summed E-state index contributed by atoms with van der Waals surface area (Å²) in [5.74, 6) is 2.92. The molecule has 296 valence electrons. The summed E-state index contributed by atoms with van der Waals surface area (Å²) in [6.07, 6.45) is 9.45. The molecule has 10 fully saturated rings. The number of fused-ring (bicyclic) bond motifs is 4. The van der Waals surface area contributed by atoms with Gasteiger partial charge in [0.05, 0.1) is 48.1 Å². The Kier molecular flexibility index (Phi) is 9.72. The Labute approximate surface area is 316 Å². The van der Waals surface area contributed by atoms with Crippen molar-refractivity contribution in [2.75, 3.05) is 5.75 Å². The van der Waals surface area contributed by atoms with Crippen LogP contribution in [0.1, 0.15) is 111 Å². The van der Waals surface area contributed by atoms with Gasteiger partial charge < -0.3 is 9.47 Å². The molecule has 1 aromatic rings. The van der Waals surface area contributed by atoms with Crippen LogP contribution >= 0.6 is 0 Å². The van der Waals surface area contributed by atoms with Gasteiger partial charge in [0.1, 0.15) is 17.0 Å². The van der Waals surface area contributed by atoms with Crippen molar-refractivity contribution in [1.82, 2.24) is 0 Å². The lowest BCUT2D eigenvalue weighted by Crippen LogP contribution is -2.68. The van der Waals surface area contributed by atoms with E-state index >= 15 is 0 Å². The normalized spacial score (nSPS) is 50.8. The van der Waals surface area contributed by atoms with Crippen LogP contribution in [0.5, 0.6) is 0 Å². The van der Waals surface area contributed by atoms with Crippen molar-refractivity contribution in [3.8, 4) is 0 Å². The molecule has 2 spiro atoms. The van der Waals surface area contributed by atoms with Crippen molar-refractivity contribution in [3.63, 3.8) is 0 Å². The highest BCUT2D eigenvalue weighted by Gasteiger charge is 2.69. The second kappa shape index (κ2) is 13.8. The molecule has 10 heteroatoms. The van der Waals surface area contributed by atoms with Gasteiger partial charge >= 0.3 is 0 Å². The van der Waals surface area contributed by atoms with E-state index in [1.807, 2.05) is 0 Å². The van der Waals surface area contributed by atoms with Crippen LogP contribution in [0.25, 0.3) is 0 Å². The quantitative estimate of drug-likeness (QED) is 0.245. The number of benzene rings is 1. The standard InChI is InChI=1S/C43H63FO8S/c1-23-7-13-32-27(5)38(47-40-15-25(3)36-19-34(23)42(32,40)51-49-36)17-30(22-53(45,46)21-29-9-11-31(44)12-10-29)18-39-28(6)33-14-8-24(2)35-20-37-26(4)16-41(48-39)43(33,35)52-50-37/h9-12,23-28,30,32-41H,7-8,13-22H2,1-6H3/t23-,24-,25-,26-,27-,28-,32+,33+,34+,35+,36+,37+,38-,39-,40-,41-,42+,43+/m1/s1. The van der Waals surface area contributed by atoms with E-state index in [0.29, 0.717) is 65.7 Å². The molecule has 4 saturated carbocycles. The first-order chi connectivity index (χ1) is 25.3. The third-order valence-electron chi connectivity index (χ3n) is 16.7. The van der Waals surface area contributed by atoms with Gasteiger partial charge in [0, 0.05) is 0 Å². The van der Waals surface area contributed by atoms with Gasteiger partial charge in [-0.05, 0) is 147 Å². The van der Waals surface area contributed by atoms with Crippen molar-refractivity contribution in [2.45, 2.75) is 159 Å². The van der Waals surface area contributed by atoms with E-state index in [4.69, 9.17) is 29.0 Å². The maximum Gasteiger partial charge on any atom is 0.154 e. The molecular formula is C43H63FO8S. The third-order valence-corrected chi connectivity index (χ3v) is 18.4. The maximum atomic E-state index is 14.1. The Morgan fingerprint density at radius 3 is 1.60 bits per heavy atom. The molecule has 0 aromatic heterocycles. The summed E-state index contributed by atoms with van der Waals surface area (Å²) in [5.41, 5.74) is -0.273. The van der Waals surface area contributed by atoms with E-state index in [-0.39, 0.29) is 71.7 Å². The van der Waals surface area contributed by atoms with Crippen molar-refractivity contribution in [3.05, 3.63) is 35.6 Å². The van der Waals surface area contributed by atoms with Gasteiger partial charge in [-0.15, -0.1) is 0 Å². The molecule has 6 saturated heterocycles. The lowest BCUT2D eigenvalue weighted by atomic mass is 9.55. The molecule has 0 N–H and O–H groups in total. The smallest absolute Gasteiger partial charge is 0.154 e. The summed E-state index contributed by atoms with van der Waals surface area (Å²) in [5, 5.41) is 0. The Morgan fingerprint density at radius 1 is 0.660 bits per heavy atom. The monoisotopic (exact) mass is 758 g/mol. The van der Waals surface area contributed by atoms with Crippen molar-refractivity contribution in [1.29, 1.82) is 0 Å². The minimum atomic E-state index is -3.55. The topological polar surface area (TPSA) is 89.5 Å². The average Bonchev–Trinajstić information content (AvgIpc) is 3.46. The van der Waals surface area contributed by atoms with Crippen LogP contribution in [0.3, 0.4) is 0 Å². The van der Waals surface area contributed by atoms with E-state index in [1.165, 1.54) is 25.0 Å². The fourth-order valence-electron chi connectivity index (χ4n) is 13.7. The fourth-order valence-corrected chi connectivity index (χ4v) is 15.5. The molecule has 1 aromatic carbocycles. The summed E-state index contributed by atoms with van der Waals surface area (Å²) in [4.78, 5) is 25.5. The number of hydrogen-bond acceptors (Lipinski definition) is 8. The molecule has 0 unspecified atom stereocenters. The largest absolute Gasteiger partial charge is 0.372 e. The molecule has 18 atom stereocenters. The minimum absolute atomic E-state index is 0.0416. The lowest BCUT2D eigenvalue weighted by Gasteiger charge is -2.61. The number of halogens is 1. The predicted octanol–water partition coefficient (Wildman–Crippen LogP) is 8.27. The number of ether oxygens (including phenoxy) is 2. The molecule has 0 amide bonds. The van der Waals surface area contributed by atoms with Crippen LogP contribution in [0.15, 0.2) is 24.3 Å². The van der Waals surface area contributed by atoms with Crippen molar-refractivity contribution < 1.29 is 41.8 Å². The van der Waals surface area contributed by atoms with E-state index in [9.17, 15) is 12.8 Å². The van der Waals surface area contributed by atoms with Crippen LogP contribution in [-0.2, 0) is 44.6 Å². The Morgan fingerprint density at radius 2 is 1.13 bits per heavy atom. The fraction of sp³-hybridized carbons (Fsp3) is 0.860. The molecule has 4 aliphatic carbocycles. The number of sulfone groups is 1. The highest BCUT2D eigenvalue weighted by atomic mass is 32.2. The Hall–Kier alpha value is -1.14. The zero-order valence-corrected chi connectivity index (χ0v) is 33.5. The molecule has 10 aliphatic rings. The summed E-state index contributed by atoms with van der Waals surface area (Å²) >= 11 is 0. The molecule has 11 rings (SSSR count). The zero-order valence-electron chi connectivity index (χ0n) is 32.7. The van der Waals surface area contributed by atoms with Gasteiger partial charge in [0.15, 0.2) is 9.84 Å². The van der Waals surface area contributed by atoms with Gasteiger partial charge in [0.2, 0.25) is 0 Å². The summed E-state index contributed by atoms with van der Waals surface area (Å²) < 4.78 is 56.6. The van der Waals surface area contributed by atoms with E-state index in [0.717, 1.165) is 38.5 Å². The van der Waals surface area contributed by atoms with E-state index in [2.05, 4.69) is 41.5 Å². The molecule has 6 heterocycles. The van der Waals surface area contributed by atoms with E-state index < -0.39 is 21.0 Å². The van der Waals surface area contributed by atoms with Crippen LogP contribution in [0, 0.1) is 70.9 Å². The highest BCUT2D eigenvalue weighted by Crippen LogP contribution is 2.63. The first-order valence-corrected chi connectivity index (χ1v) is 23.1.